The molecule has 5 nitrogen and oxygen atoms in total. The molecule has 2 heterocycles. The predicted molar refractivity (Wildman–Crippen MR) is 59.6 cm³/mol. The van der Waals surface area contributed by atoms with Crippen LogP contribution >= 0.6 is 11.6 Å². The Morgan fingerprint density at radius 2 is 2.24 bits per heavy atom. The van der Waals surface area contributed by atoms with Crippen LogP contribution in [0, 0.1) is 5.82 Å². The molecule has 0 saturated carbocycles. The highest BCUT2D eigenvalue weighted by atomic mass is 35.5. The first-order valence-electron chi connectivity index (χ1n) is 4.66. The Morgan fingerprint density at radius 1 is 1.47 bits per heavy atom. The summed E-state index contributed by atoms with van der Waals surface area (Å²) in [7, 11) is 0. The fourth-order valence-electron chi connectivity index (χ4n) is 1.34. The SMILES string of the molecule is O=c1[nH]c(=O)n(Cc2ccnc(Cl)c2)cc1F. The second-order valence-corrected chi connectivity index (χ2v) is 3.74. The molecule has 0 atom stereocenters. The highest BCUT2D eigenvalue weighted by molar-refractivity contribution is 6.29. The lowest BCUT2D eigenvalue weighted by atomic mass is 10.3. The lowest BCUT2D eigenvalue weighted by Gasteiger charge is -2.04. The van der Waals surface area contributed by atoms with E-state index >= 15 is 0 Å². The van der Waals surface area contributed by atoms with E-state index in [2.05, 4.69) is 4.98 Å². The number of hydrogen-bond acceptors (Lipinski definition) is 3. The van der Waals surface area contributed by atoms with E-state index < -0.39 is 17.1 Å². The van der Waals surface area contributed by atoms with Crippen molar-refractivity contribution in [1.82, 2.24) is 14.5 Å². The summed E-state index contributed by atoms with van der Waals surface area (Å²) in [5.74, 6) is -1.01. The minimum Gasteiger partial charge on any atom is -0.293 e. The third-order valence-corrected chi connectivity index (χ3v) is 2.32. The first-order valence-corrected chi connectivity index (χ1v) is 5.04. The zero-order valence-corrected chi connectivity index (χ0v) is 9.24. The van der Waals surface area contributed by atoms with E-state index in [9.17, 15) is 14.0 Å². The number of aromatic amines is 1. The molecule has 0 aliphatic carbocycles. The summed E-state index contributed by atoms with van der Waals surface area (Å²) >= 11 is 5.68. The van der Waals surface area contributed by atoms with Gasteiger partial charge >= 0.3 is 5.69 Å². The van der Waals surface area contributed by atoms with Gasteiger partial charge in [0.05, 0.1) is 12.7 Å². The normalized spacial score (nSPS) is 10.5. The summed E-state index contributed by atoms with van der Waals surface area (Å²) in [6.45, 7) is 0.106. The molecule has 0 bridgehead atoms. The molecule has 17 heavy (non-hydrogen) atoms. The largest absolute Gasteiger partial charge is 0.328 e. The summed E-state index contributed by atoms with van der Waals surface area (Å²) in [6, 6.07) is 3.19. The molecule has 2 aromatic heterocycles. The van der Waals surface area contributed by atoms with E-state index in [1.165, 1.54) is 6.20 Å². The maximum absolute atomic E-state index is 13.0. The number of pyridine rings is 1. The fourth-order valence-corrected chi connectivity index (χ4v) is 1.53. The molecule has 0 aliphatic rings. The monoisotopic (exact) mass is 255 g/mol. The van der Waals surface area contributed by atoms with E-state index in [1.54, 1.807) is 12.1 Å². The number of rotatable bonds is 2. The van der Waals surface area contributed by atoms with Crippen molar-refractivity contribution in [2.24, 2.45) is 0 Å². The molecule has 0 aromatic carbocycles. The molecular formula is C10H7ClFN3O2. The molecule has 0 aliphatic heterocycles. The highest BCUT2D eigenvalue weighted by Gasteiger charge is 2.04. The Hall–Kier alpha value is -1.95. The van der Waals surface area contributed by atoms with E-state index in [1.807, 2.05) is 4.98 Å². The summed E-state index contributed by atoms with van der Waals surface area (Å²) in [4.78, 5) is 27.8. The van der Waals surface area contributed by atoms with Gasteiger partial charge in [0.2, 0.25) is 5.82 Å². The minimum absolute atomic E-state index is 0.106. The Bertz CT molecular complexity index is 665. The number of nitrogens with zero attached hydrogens (tertiary/aromatic N) is 2. The van der Waals surface area contributed by atoms with Gasteiger partial charge in [0.15, 0.2) is 0 Å². The number of aromatic nitrogens is 3. The van der Waals surface area contributed by atoms with Crippen LogP contribution in [-0.4, -0.2) is 14.5 Å². The van der Waals surface area contributed by atoms with Gasteiger partial charge in [0.25, 0.3) is 5.56 Å². The number of halogens is 2. The average Bonchev–Trinajstić information content (AvgIpc) is 2.26. The maximum atomic E-state index is 13.0. The smallest absolute Gasteiger partial charge is 0.293 e. The van der Waals surface area contributed by atoms with Gasteiger partial charge in [-0.25, -0.2) is 9.78 Å². The molecule has 0 unspecified atom stereocenters. The summed E-state index contributed by atoms with van der Waals surface area (Å²) < 4.78 is 14.0. The van der Waals surface area contributed by atoms with Crippen LogP contribution in [-0.2, 0) is 6.54 Å². The molecule has 0 radical (unpaired) electrons. The maximum Gasteiger partial charge on any atom is 0.328 e. The van der Waals surface area contributed by atoms with Gasteiger partial charge in [-0.05, 0) is 17.7 Å². The van der Waals surface area contributed by atoms with Crippen LogP contribution in [0.5, 0.6) is 0 Å². The summed E-state index contributed by atoms with van der Waals surface area (Å²) in [5, 5.41) is 0.278. The number of nitrogens with one attached hydrogen (secondary N) is 1. The van der Waals surface area contributed by atoms with Crippen molar-refractivity contribution in [3.63, 3.8) is 0 Å². The molecule has 0 fully saturated rings. The third-order valence-electron chi connectivity index (χ3n) is 2.11. The zero-order valence-electron chi connectivity index (χ0n) is 8.48. The molecule has 2 rings (SSSR count). The Kier molecular flexibility index (Phi) is 3.06. The van der Waals surface area contributed by atoms with Crippen molar-refractivity contribution in [3.05, 3.63) is 61.9 Å². The minimum atomic E-state index is -1.03. The van der Waals surface area contributed by atoms with Gasteiger partial charge in [0, 0.05) is 6.20 Å². The lowest BCUT2D eigenvalue weighted by Crippen LogP contribution is -2.31. The fraction of sp³-hybridized carbons (Fsp3) is 0.100. The van der Waals surface area contributed by atoms with Gasteiger partial charge in [-0.2, -0.15) is 4.39 Å². The average molecular weight is 256 g/mol. The van der Waals surface area contributed by atoms with Crippen molar-refractivity contribution in [2.45, 2.75) is 6.54 Å². The first-order chi connectivity index (χ1) is 8.06. The molecule has 88 valence electrons. The van der Waals surface area contributed by atoms with Crippen molar-refractivity contribution >= 4 is 11.6 Å². The van der Waals surface area contributed by atoms with Crippen molar-refractivity contribution in [2.75, 3.05) is 0 Å². The molecule has 2 aromatic rings. The topological polar surface area (TPSA) is 67.8 Å². The van der Waals surface area contributed by atoms with E-state index in [4.69, 9.17) is 11.6 Å². The van der Waals surface area contributed by atoms with Crippen LogP contribution in [0.25, 0.3) is 0 Å². The van der Waals surface area contributed by atoms with Crippen LogP contribution < -0.4 is 11.2 Å². The zero-order chi connectivity index (χ0) is 12.4. The molecule has 0 amide bonds. The van der Waals surface area contributed by atoms with Crippen LogP contribution in [0.3, 0.4) is 0 Å². The van der Waals surface area contributed by atoms with Gasteiger partial charge in [-0.15, -0.1) is 0 Å². The lowest BCUT2D eigenvalue weighted by molar-refractivity contribution is 0.566. The molecule has 7 heteroatoms. The quantitative estimate of drug-likeness (QED) is 0.806. The summed E-state index contributed by atoms with van der Waals surface area (Å²) in [5.41, 5.74) is -1.03. The highest BCUT2D eigenvalue weighted by Crippen LogP contribution is 2.07. The Labute approximate surface area is 99.5 Å². The third kappa shape index (κ3) is 2.59. The van der Waals surface area contributed by atoms with Gasteiger partial charge in [-0.3, -0.25) is 14.3 Å². The second kappa shape index (κ2) is 4.50. The predicted octanol–water partition coefficient (Wildman–Crippen LogP) is 0.772. The molecular weight excluding hydrogens is 249 g/mol. The second-order valence-electron chi connectivity index (χ2n) is 3.35. The number of hydrogen-bond donors (Lipinski definition) is 1. The van der Waals surface area contributed by atoms with E-state index in [-0.39, 0.29) is 11.7 Å². The Balaban J connectivity index is 2.40. The van der Waals surface area contributed by atoms with E-state index in [0.717, 1.165) is 10.8 Å². The standard InChI is InChI=1S/C10H7ClFN3O2/c11-8-3-6(1-2-13-8)4-15-5-7(12)9(16)14-10(15)17/h1-3,5H,4H2,(H,14,16,17). The van der Waals surface area contributed by atoms with Crippen molar-refractivity contribution in [1.29, 1.82) is 0 Å². The van der Waals surface area contributed by atoms with Crippen LogP contribution in [0.15, 0.2) is 34.1 Å². The van der Waals surface area contributed by atoms with Gasteiger partial charge in [0.1, 0.15) is 5.15 Å². The molecule has 0 saturated heterocycles. The number of H-pyrrole nitrogens is 1. The van der Waals surface area contributed by atoms with Crippen LogP contribution in [0.2, 0.25) is 5.15 Å². The van der Waals surface area contributed by atoms with Crippen LogP contribution in [0.1, 0.15) is 5.56 Å². The van der Waals surface area contributed by atoms with Crippen molar-refractivity contribution in [3.8, 4) is 0 Å². The van der Waals surface area contributed by atoms with E-state index in [0.29, 0.717) is 5.56 Å². The first kappa shape index (κ1) is 11.5. The van der Waals surface area contributed by atoms with Crippen molar-refractivity contribution < 1.29 is 4.39 Å². The van der Waals surface area contributed by atoms with Gasteiger partial charge in [-0.1, -0.05) is 11.6 Å². The summed E-state index contributed by atoms with van der Waals surface area (Å²) in [6.07, 6.45) is 2.33. The molecule has 0 spiro atoms. The van der Waals surface area contributed by atoms with Gasteiger partial charge < -0.3 is 0 Å². The molecule has 1 N–H and O–H groups in total. The van der Waals surface area contributed by atoms with Crippen LogP contribution in [0.4, 0.5) is 4.39 Å². The Morgan fingerprint density at radius 3 is 2.94 bits per heavy atom.